The molecule has 8 nitrogen and oxygen atoms in total. The van der Waals surface area contributed by atoms with Crippen LogP contribution in [0, 0.1) is 6.92 Å². The molecule has 0 saturated carbocycles. The molecule has 0 spiro atoms. The van der Waals surface area contributed by atoms with E-state index in [-0.39, 0.29) is 29.2 Å². The van der Waals surface area contributed by atoms with E-state index in [1.807, 2.05) is 0 Å². The molecule has 0 amide bonds. The molecule has 0 unspecified atom stereocenters. The zero-order valence-electron chi connectivity index (χ0n) is 11.2. The maximum absolute atomic E-state index is 12.1. The van der Waals surface area contributed by atoms with Gasteiger partial charge in [-0.25, -0.2) is 31.5 Å². The Kier molecular flexibility index (Phi) is 5.45. The third-order valence-electron chi connectivity index (χ3n) is 2.62. The summed E-state index contributed by atoms with van der Waals surface area (Å²) in [4.78, 5) is 10.7. The summed E-state index contributed by atoms with van der Waals surface area (Å²) in [6.45, 7) is 1.42. The number of hydrogen-bond donors (Lipinski definition) is 3. The summed E-state index contributed by atoms with van der Waals surface area (Å²) in [5, 5.41) is 13.7. The number of nitrogens with two attached hydrogens (primary N) is 1. The molecule has 0 aromatic heterocycles. The quantitative estimate of drug-likeness (QED) is 0.581. The largest absolute Gasteiger partial charge is 0.478 e. The Bertz CT molecular complexity index is 740. The predicted octanol–water partition coefficient (Wildman–Crippen LogP) is -0.350. The van der Waals surface area contributed by atoms with Crippen molar-refractivity contribution in [2.45, 2.75) is 18.2 Å². The van der Waals surface area contributed by atoms with E-state index in [2.05, 4.69) is 4.72 Å². The van der Waals surface area contributed by atoms with Crippen molar-refractivity contribution in [3.8, 4) is 0 Å². The van der Waals surface area contributed by atoms with Gasteiger partial charge < -0.3 is 5.11 Å². The number of carboxylic acids is 1. The second-order valence-electron chi connectivity index (χ2n) is 4.40. The second-order valence-corrected chi connectivity index (χ2v) is 7.87. The van der Waals surface area contributed by atoms with Gasteiger partial charge in [-0.15, -0.1) is 0 Å². The van der Waals surface area contributed by atoms with Crippen LogP contribution in [0.3, 0.4) is 0 Å². The third-order valence-corrected chi connectivity index (χ3v) is 5.08. The van der Waals surface area contributed by atoms with Crippen molar-refractivity contribution in [1.82, 2.24) is 4.72 Å². The van der Waals surface area contributed by atoms with E-state index in [4.69, 9.17) is 10.2 Å². The van der Waals surface area contributed by atoms with Gasteiger partial charge in [0.25, 0.3) is 0 Å². The first kappa shape index (κ1) is 17.6. The van der Waals surface area contributed by atoms with Crippen LogP contribution in [0.15, 0.2) is 23.1 Å². The lowest BCUT2D eigenvalue weighted by molar-refractivity contribution is 0.0696. The summed E-state index contributed by atoms with van der Waals surface area (Å²) in [5.74, 6) is -1.58. The number of aryl methyl sites for hydroxylation is 1. The molecule has 0 saturated heterocycles. The molecule has 1 aromatic rings. The zero-order valence-corrected chi connectivity index (χ0v) is 12.9. The molecule has 0 radical (unpaired) electrons. The number of aromatic carboxylic acids is 1. The van der Waals surface area contributed by atoms with Crippen molar-refractivity contribution < 1.29 is 26.7 Å². The highest BCUT2D eigenvalue weighted by atomic mass is 32.2. The van der Waals surface area contributed by atoms with Crippen LogP contribution in [-0.2, 0) is 20.0 Å². The Labute approximate surface area is 123 Å². The molecule has 0 heterocycles. The molecule has 118 valence electrons. The molecule has 1 rings (SSSR count). The highest BCUT2D eigenvalue weighted by Gasteiger charge is 2.18. The van der Waals surface area contributed by atoms with Gasteiger partial charge in [-0.1, -0.05) is 6.07 Å². The standard InChI is InChI=1S/C11H16N2O6S2/c1-8-3-4-9(11(14)15)7-10(8)21(18,19)13-5-2-6-20(12,16)17/h3-4,7,13H,2,5-6H2,1H3,(H,14,15)(H2,12,16,17). The van der Waals surface area contributed by atoms with Crippen LogP contribution in [0.2, 0.25) is 0 Å². The van der Waals surface area contributed by atoms with Crippen molar-refractivity contribution in [3.05, 3.63) is 29.3 Å². The first-order valence-electron chi connectivity index (χ1n) is 5.87. The smallest absolute Gasteiger partial charge is 0.335 e. The van der Waals surface area contributed by atoms with E-state index in [1.165, 1.54) is 19.1 Å². The lowest BCUT2D eigenvalue weighted by Crippen LogP contribution is -2.28. The van der Waals surface area contributed by atoms with Crippen LogP contribution in [0.1, 0.15) is 22.3 Å². The number of primary sulfonamides is 1. The molecule has 0 atom stereocenters. The van der Waals surface area contributed by atoms with Crippen molar-refractivity contribution in [1.29, 1.82) is 0 Å². The molecule has 0 bridgehead atoms. The van der Waals surface area contributed by atoms with E-state index >= 15 is 0 Å². The Morgan fingerprint density at radius 1 is 1.29 bits per heavy atom. The van der Waals surface area contributed by atoms with Gasteiger partial charge >= 0.3 is 5.97 Å². The molecule has 0 aliphatic rings. The van der Waals surface area contributed by atoms with Gasteiger partial charge in [0.15, 0.2) is 0 Å². The topological polar surface area (TPSA) is 144 Å². The molecule has 4 N–H and O–H groups in total. The van der Waals surface area contributed by atoms with E-state index in [0.29, 0.717) is 5.56 Å². The molecular formula is C11H16N2O6S2. The molecular weight excluding hydrogens is 320 g/mol. The lowest BCUT2D eigenvalue weighted by Gasteiger charge is -2.10. The molecule has 21 heavy (non-hydrogen) atoms. The zero-order chi connectivity index (χ0) is 16.3. The molecule has 0 fully saturated rings. The highest BCUT2D eigenvalue weighted by Crippen LogP contribution is 2.17. The summed E-state index contributed by atoms with van der Waals surface area (Å²) in [6, 6.07) is 3.75. The fourth-order valence-electron chi connectivity index (χ4n) is 1.58. The summed E-state index contributed by atoms with van der Waals surface area (Å²) in [5.41, 5.74) is 0.240. The van der Waals surface area contributed by atoms with Gasteiger partial charge in [-0.3, -0.25) is 0 Å². The highest BCUT2D eigenvalue weighted by molar-refractivity contribution is 7.89. The molecule has 0 aliphatic carbocycles. The van der Waals surface area contributed by atoms with Crippen LogP contribution >= 0.6 is 0 Å². The van der Waals surface area contributed by atoms with Crippen LogP contribution in [0.5, 0.6) is 0 Å². The minimum absolute atomic E-state index is 0.0235. The van der Waals surface area contributed by atoms with Crippen LogP contribution in [0.4, 0.5) is 0 Å². The van der Waals surface area contributed by atoms with E-state index in [0.717, 1.165) is 6.07 Å². The number of nitrogens with one attached hydrogen (secondary N) is 1. The Morgan fingerprint density at radius 3 is 2.43 bits per heavy atom. The lowest BCUT2D eigenvalue weighted by atomic mass is 10.1. The van der Waals surface area contributed by atoms with E-state index in [9.17, 15) is 21.6 Å². The molecule has 1 aromatic carbocycles. The summed E-state index contributed by atoms with van der Waals surface area (Å²) in [6.07, 6.45) is 0.0235. The van der Waals surface area contributed by atoms with Crippen molar-refractivity contribution in [2.75, 3.05) is 12.3 Å². The van der Waals surface area contributed by atoms with Crippen molar-refractivity contribution >= 4 is 26.0 Å². The van der Waals surface area contributed by atoms with Gasteiger partial charge in [0.2, 0.25) is 20.0 Å². The van der Waals surface area contributed by atoms with Gasteiger partial charge in [0, 0.05) is 6.54 Å². The fraction of sp³-hybridized carbons (Fsp3) is 0.364. The minimum Gasteiger partial charge on any atom is -0.478 e. The van der Waals surface area contributed by atoms with Gasteiger partial charge in [0.05, 0.1) is 16.2 Å². The summed E-state index contributed by atoms with van der Waals surface area (Å²) >= 11 is 0. The van der Waals surface area contributed by atoms with Gasteiger partial charge in [0.1, 0.15) is 0 Å². The predicted molar refractivity (Wildman–Crippen MR) is 75.9 cm³/mol. The van der Waals surface area contributed by atoms with Crippen LogP contribution in [-0.4, -0.2) is 40.2 Å². The Balaban J connectivity index is 2.88. The van der Waals surface area contributed by atoms with Crippen molar-refractivity contribution in [3.63, 3.8) is 0 Å². The Morgan fingerprint density at radius 2 is 1.90 bits per heavy atom. The average molecular weight is 336 g/mol. The number of carbonyl (C=O) groups is 1. The first-order chi connectivity index (χ1) is 9.53. The average Bonchev–Trinajstić information content (AvgIpc) is 2.33. The monoisotopic (exact) mass is 336 g/mol. The summed E-state index contributed by atoms with van der Waals surface area (Å²) < 4.78 is 47.8. The normalized spacial score (nSPS) is 12.3. The third kappa shape index (κ3) is 5.42. The SMILES string of the molecule is Cc1ccc(C(=O)O)cc1S(=O)(=O)NCCCS(N)(=O)=O. The second kappa shape index (κ2) is 6.52. The number of hydrogen-bond acceptors (Lipinski definition) is 5. The van der Waals surface area contributed by atoms with Crippen LogP contribution < -0.4 is 9.86 Å². The maximum Gasteiger partial charge on any atom is 0.335 e. The maximum atomic E-state index is 12.1. The number of benzene rings is 1. The van der Waals surface area contributed by atoms with Gasteiger partial charge in [-0.2, -0.15) is 0 Å². The van der Waals surface area contributed by atoms with E-state index < -0.39 is 26.0 Å². The first-order valence-corrected chi connectivity index (χ1v) is 9.07. The fourth-order valence-corrected chi connectivity index (χ4v) is 3.47. The number of carboxylic acid groups (broad SMARTS) is 1. The molecule has 10 heteroatoms. The van der Waals surface area contributed by atoms with Crippen molar-refractivity contribution in [2.24, 2.45) is 5.14 Å². The molecule has 0 aliphatic heterocycles. The van der Waals surface area contributed by atoms with E-state index in [1.54, 1.807) is 0 Å². The number of rotatable bonds is 7. The minimum atomic E-state index is -3.91. The number of sulfonamides is 2. The van der Waals surface area contributed by atoms with Crippen LogP contribution in [0.25, 0.3) is 0 Å². The Hall–Kier alpha value is -1.49. The van der Waals surface area contributed by atoms with Gasteiger partial charge in [-0.05, 0) is 31.0 Å². The summed E-state index contributed by atoms with van der Waals surface area (Å²) in [7, 11) is -7.56.